The third kappa shape index (κ3) is 2.95. The maximum Gasteiger partial charge on any atom is 0.223 e. The van der Waals surface area contributed by atoms with Crippen LogP contribution >= 0.6 is 0 Å². The second-order valence-electron chi connectivity index (χ2n) is 6.79. The van der Waals surface area contributed by atoms with Crippen molar-refractivity contribution in [2.24, 2.45) is 11.3 Å². The first kappa shape index (κ1) is 13.4. The van der Waals surface area contributed by atoms with Gasteiger partial charge in [0.2, 0.25) is 5.91 Å². The van der Waals surface area contributed by atoms with Gasteiger partial charge >= 0.3 is 0 Å². The monoisotopic (exact) mass is 265 g/mol. The molecule has 1 saturated carbocycles. The van der Waals surface area contributed by atoms with Gasteiger partial charge in [-0.25, -0.2) is 0 Å². The zero-order valence-corrected chi connectivity index (χ0v) is 12.1. The summed E-state index contributed by atoms with van der Waals surface area (Å²) >= 11 is 0. The highest BCUT2D eigenvalue weighted by molar-refractivity contribution is 5.82. The van der Waals surface area contributed by atoms with Crippen molar-refractivity contribution in [2.75, 3.05) is 32.7 Å². The number of amides is 1. The molecule has 2 N–H and O–H groups in total. The van der Waals surface area contributed by atoms with Gasteiger partial charge < -0.3 is 15.5 Å². The molecule has 1 aliphatic carbocycles. The molecule has 19 heavy (non-hydrogen) atoms. The lowest BCUT2D eigenvalue weighted by molar-refractivity contribution is -0.124. The summed E-state index contributed by atoms with van der Waals surface area (Å²) in [5.74, 6) is 0.615. The molecule has 3 rings (SSSR count). The van der Waals surface area contributed by atoms with Crippen LogP contribution in [-0.4, -0.2) is 49.6 Å². The summed E-state index contributed by atoms with van der Waals surface area (Å²) in [6, 6.07) is 0.296. The largest absolute Gasteiger partial charge is 0.352 e. The van der Waals surface area contributed by atoms with Crippen LogP contribution in [0.3, 0.4) is 0 Å². The van der Waals surface area contributed by atoms with Crippen LogP contribution in [0.5, 0.6) is 0 Å². The number of nitrogens with zero attached hydrogens (tertiary/aromatic N) is 1. The minimum Gasteiger partial charge on any atom is -0.352 e. The zero-order valence-electron chi connectivity index (χ0n) is 12.1. The summed E-state index contributed by atoms with van der Waals surface area (Å²) in [4.78, 5) is 14.8. The van der Waals surface area contributed by atoms with Crippen LogP contribution in [0, 0.1) is 11.3 Å². The number of rotatable bonds is 4. The van der Waals surface area contributed by atoms with E-state index >= 15 is 0 Å². The van der Waals surface area contributed by atoms with Crippen LogP contribution in [0.25, 0.3) is 0 Å². The quantitative estimate of drug-likeness (QED) is 0.796. The van der Waals surface area contributed by atoms with Gasteiger partial charge in [0, 0.05) is 18.5 Å². The average Bonchev–Trinajstić information content (AvgIpc) is 2.84. The molecule has 4 heteroatoms. The van der Waals surface area contributed by atoms with E-state index in [-0.39, 0.29) is 0 Å². The molecule has 108 valence electrons. The fourth-order valence-corrected chi connectivity index (χ4v) is 3.94. The predicted molar refractivity (Wildman–Crippen MR) is 75.9 cm³/mol. The lowest BCUT2D eigenvalue weighted by atomic mass is 9.91. The lowest BCUT2D eigenvalue weighted by Crippen LogP contribution is -2.43. The molecule has 2 atom stereocenters. The van der Waals surface area contributed by atoms with Crippen molar-refractivity contribution in [3.05, 3.63) is 0 Å². The van der Waals surface area contributed by atoms with Gasteiger partial charge in [-0.05, 0) is 70.6 Å². The first-order valence-electron chi connectivity index (χ1n) is 7.93. The molecule has 2 heterocycles. The maximum atomic E-state index is 12.3. The molecule has 1 amide bonds. The molecular weight excluding hydrogens is 238 g/mol. The minimum atomic E-state index is 0.296. The highest BCUT2D eigenvalue weighted by atomic mass is 16.2. The normalized spacial score (nSPS) is 31.3. The van der Waals surface area contributed by atoms with E-state index in [9.17, 15) is 4.79 Å². The molecular formula is C15H27N3O. The number of piperidine rings is 1. The molecule has 4 nitrogen and oxygen atoms in total. The molecule has 2 aliphatic heterocycles. The smallest absolute Gasteiger partial charge is 0.223 e. The summed E-state index contributed by atoms with van der Waals surface area (Å²) < 4.78 is 0. The Morgan fingerprint density at radius 1 is 1.37 bits per heavy atom. The van der Waals surface area contributed by atoms with E-state index in [1.54, 1.807) is 0 Å². The first-order chi connectivity index (χ1) is 9.20. The standard InChI is InChI=1S/C15H27N3O/c1-12(11-18-8-2-3-9-18)17-14(19)13-10-15(13)4-6-16-7-5-15/h12-13,16H,2-11H2,1H3,(H,17,19). The summed E-state index contributed by atoms with van der Waals surface area (Å²) in [6.45, 7) is 7.76. The van der Waals surface area contributed by atoms with E-state index in [0.717, 1.165) is 26.1 Å². The Balaban J connectivity index is 1.43. The second-order valence-corrected chi connectivity index (χ2v) is 6.79. The van der Waals surface area contributed by atoms with Gasteiger partial charge in [-0.3, -0.25) is 4.79 Å². The summed E-state index contributed by atoms with van der Waals surface area (Å²) in [5, 5.41) is 6.63. The molecule has 0 aromatic heterocycles. The molecule has 3 aliphatic rings. The Labute approximate surface area is 116 Å². The van der Waals surface area contributed by atoms with Gasteiger partial charge in [-0.15, -0.1) is 0 Å². The second kappa shape index (κ2) is 5.41. The van der Waals surface area contributed by atoms with Gasteiger partial charge in [0.25, 0.3) is 0 Å². The highest BCUT2D eigenvalue weighted by Gasteiger charge is 2.57. The topological polar surface area (TPSA) is 44.4 Å². The molecule has 1 spiro atoms. The maximum absolute atomic E-state index is 12.3. The van der Waals surface area contributed by atoms with Gasteiger partial charge in [-0.2, -0.15) is 0 Å². The molecule has 2 unspecified atom stereocenters. The Bertz CT molecular complexity index is 332. The van der Waals surface area contributed by atoms with Crippen LogP contribution in [-0.2, 0) is 4.79 Å². The minimum absolute atomic E-state index is 0.296. The van der Waals surface area contributed by atoms with Crippen LogP contribution < -0.4 is 10.6 Å². The van der Waals surface area contributed by atoms with Gasteiger partial charge in [0.1, 0.15) is 0 Å². The Morgan fingerprint density at radius 3 is 2.74 bits per heavy atom. The van der Waals surface area contributed by atoms with Crippen LogP contribution in [0.4, 0.5) is 0 Å². The number of nitrogens with one attached hydrogen (secondary N) is 2. The number of hydrogen-bond acceptors (Lipinski definition) is 3. The Hall–Kier alpha value is -0.610. The van der Waals surface area contributed by atoms with Crippen molar-refractivity contribution < 1.29 is 4.79 Å². The average molecular weight is 265 g/mol. The van der Waals surface area contributed by atoms with Crippen molar-refractivity contribution in [2.45, 2.75) is 45.1 Å². The number of hydrogen-bond donors (Lipinski definition) is 2. The lowest BCUT2D eigenvalue weighted by Gasteiger charge is -2.25. The van der Waals surface area contributed by atoms with Gasteiger partial charge in [-0.1, -0.05) is 0 Å². The number of carbonyl (C=O) groups excluding carboxylic acids is 1. The summed E-state index contributed by atoms with van der Waals surface area (Å²) in [7, 11) is 0. The van der Waals surface area contributed by atoms with E-state index < -0.39 is 0 Å². The fraction of sp³-hybridized carbons (Fsp3) is 0.933. The van der Waals surface area contributed by atoms with Crippen molar-refractivity contribution in [3.8, 4) is 0 Å². The van der Waals surface area contributed by atoms with Crippen LogP contribution in [0.1, 0.15) is 39.0 Å². The number of carbonyl (C=O) groups is 1. The third-order valence-electron chi connectivity index (χ3n) is 5.22. The highest BCUT2D eigenvalue weighted by Crippen LogP contribution is 2.58. The van der Waals surface area contributed by atoms with E-state index in [1.165, 1.54) is 38.8 Å². The molecule has 2 saturated heterocycles. The summed E-state index contributed by atoms with van der Waals surface area (Å²) in [6.07, 6.45) is 6.13. The molecule has 0 aromatic carbocycles. The fourth-order valence-electron chi connectivity index (χ4n) is 3.94. The van der Waals surface area contributed by atoms with Crippen molar-refractivity contribution >= 4 is 5.91 Å². The van der Waals surface area contributed by atoms with Crippen LogP contribution in [0.15, 0.2) is 0 Å². The Morgan fingerprint density at radius 2 is 2.05 bits per heavy atom. The van der Waals surface area contributed by atoms with E-state index in [0.29, 0.717) is 23.3 Å². The van der Waals surface area contributed by atoms with Crippen molar-refractivity contribution in [3.63, 3.8) is 0 Å². The van der Waals surface area contributed by atoms with Gasteiger partial charge in [0.05, 0.1) is 0 Å². The molecule has 0 aromatic rings. The predicted octanol–water partition coefficient (Wildman–Crippen LogP) is 0.977. The van der Waals surface area contributed by atoms with E-state index in [2.05, 4.69) is 22.5 Å². The van der Waals surface area contributed by atoms with E-state index in [4.69, 9.17) is 0 Å². The molecule has 0 radical (unpaired) electrons. The first-order valence-corrected chi connectivity index (χ1v) is 7.93. The molecule has 0 bridgehead atoms. The molecule has 3 fully saturated rings. The van der Waals surface area contributed by atoms with Crippen LogP contribution in [0.2, 0.25) is 0 Å². The Kier molecular flexibility index (Phi) is 3.81. The zero-order chi connectivity index (χ0) is 13.3. The van der Waals surface area contributed by atoms with Crippen molar-refractivity contribution in [1.29, 1.82) is 0 Å². The van der Waals surface area contributed by atoms with E-state index in [1.807, 2.05) is 0 Å². The third-order valence-corrected chi connectivity index (χ3v) is 5.22. The summed E-state index contributed by atoms with van der Waals surface area (Å²) in [5.41, 5.74) is 0.364. The SMILES string of the molecule is CC(CN1CCCC1)NC(=O)C1CC12CCNCC2. The van der Waals surface area contributed by atoms with Gasteiger partial charge in [0.15, 0.2) is 0 Å². The number of likely N-dealkylation sites (tertiary alicyclic amines) is 1. The van der Waals surface area contributed by atoms with Crippen molar-refractivity contribution in [1.82, 2.24) is 15.5 Å².